The van der Waals surface area contributed by atoms with Crippen LogP contribution in [0.15, 0.2) is 36.7 Å². The molecule has 29 heavy (non-hydrogen) atoms. The van der Waals surface area contributed by atoms with Crippen molar-refractivity contribution in [1.29, 1.82) is 0 Å². The van der Waals surface area contributed by atoms with Gasteiger partial charge in [-0.1, -0.05) is 18.2 Å². The van der Waals surface area contributed by atoms with Gasteiger partial charge >= 0.3 is 0 Å². The van der Waals surface area contributed by atoms with Crippen LogP contribution in [-0.4, -0.2) is 72.5 Å². The lowest BCUT2D eigenvalue weighted by atomic mass is 10.0. The van der Waals surface area contributed by atoms with Crippen LogP contribution in [0.1, 0.15) is 24.8 Å². The molecule has 7 heteroatoms. The number of benzene rings is 1. The summed E-state index contributed by atoms with van der Waals surface area (Å²) in [5, 5.41) is 9.72. The zero-order chi connectivity index (χ0) is 20.1. The van der Waals surface area contributed by atoms with E-state index in [1.54, 1.807) is 13.4 Å². The predicted molar refractivity (Wildman–Crippen MR) is 115 cm³/mol. The van der Waals surface area contributed by atoms with Crippen molar-refractivity contribution in [3.8, 4) is 5.75 Å². The second-order valence-electron chi connectivity index (χ2n) is 7.84. The third-order valence-corrected chi connectivity index (χ3v) is 6.05. The fourth-order valence-corrected chi connectivity index (χ4v) is 4.37. The second-order valence-corrected chi connectivity index (χ2v) is 7.84. The molecule has 2 aliphatic rings. The van der Waals surface area contributed by atoms with Crippen molar-refractivity contribution in [3.63, 3.8) is 0 Å². The summed E-state index contributed by atoms with van der Waals surface area (Å²) in [5.41, 5.74) is 1.23. The summed E-state index contributed by atoms with van der Waals surface area (Å²) in [4.78, 5) is 16.1. The molecule has 0 aliphatic carbocycles. The molecule has 0 spiro atoms. The molecule has 1 aromatic carbocycles. The number of aliphatic hydroxyl groups excluding tert-OH is 1. The van der Waals surface area contributed by atoms with Crippen molar-refractivity contribution in [2.45, 2.75) is 31.8 Å². The van der Waals surface area contributed by atoms with Crippen LogP contribution >= 0.6 is 0 Å². The summed E-state index contributed by atoms with van der Waals surface area (Å²) in [7, 11) is 1.73. The number of hydrogen-bond acceptors (Lipinski definition) is 7. The fraction of sp³-hybridized carbons (Fsp3) is 0.545. The van der Waals surface area contributed by atoms with Crippen LogP contribution in [0.2, 0.25) is 0 Å². The average Bonchev–Trinajstić information content (AvgIpc) is 2.80. The summed E-state index contributed by atoms with van der Waals surface area (Å²) in [6, 6.07) is 10.5. The highest BCUT2D eigenvalue weighted by Crippen LogP contribution is 2.26. The van der Waals surface area contributed by atoms with E-state index in [4.69, 9.17) is 4.74 Å². The van der Waals surface area contributed by atoms with Gasteiger partial charge < -0.3 is 19.6 Å². The highest BCUT2D eigenvalue weighted by molar-refractivity contribution is 5.51. The number of nitrogens with zero attached hydrogens (tertiary/aromatic N) is 5. The Morgan fingerprint density at radius 3 is 2.62 bits per heavy atom. The topological polar surface area (TPSA) is 65.0 Å². The highest BCUT2D eigenvalue weighted by Gasteiger charge is 2.25. The number of ether oxygens (including phenoxy) is 1. The number of piperazine rings is 1. The molecule has 3 heterocycles. The van der Waals surface area contributed by atoms with Gasteiger partial charge in [-0.15, -0.1) is 0 Å². The lowest BCUT2D eigenvalue weighted by Gasteiger charge is -2.37. The molecule has 2 aliphatic heterocycles. The third kappa shape index (κ3) is 4.62. The molecule has 1 N–H and O–H groups in total. The van der Waals surface area contributed by atoms with Crippen molar-refractivity contribution >= 4 is 11.6 Å². The van der Waals surface area contributed by atoms with Crippen molar-refractivity contribution < 1.29 is 9.84 Å². The van der Waals surface area contributed by atoms with Crippen LogP contribution in [0.25, 0.3) is 0 Å². The van der Waals surface area contributed by atoms with Crippen LogP contribution < -0.4 is 14.5 Å². The molecule has 2 aromatic rings. The highest BCUT2D eigenvalue weighted by atomic mass is 16.5. The molecule has 2 saturated heterocycles. The zero-order valence-electron chi connectivity index (χ0n) is 17.2. The first-order valence-electron chi connectivity index (χ1n) is 10.6. The number of hydrogen-bond donors (Lipinski definition) is 1. The number of aromatic nitrogens is 2. The Labute approximate surface area is 172 Å². The van der Waals surface area contributed by atoms with E-state index in [0.717, 1.165) is 69.5 Å². The lowest BCUT2D eigenvalue weighted by molar-refractivity contribution is 0.239. The molecule has 0 saturated carbocycles. The second kappa shape index (κ2) is 9.41. The maximum Gasteiger partial charge on any atom is 0.134 e. The SMILES string of the molecule is COc1ccccc1CN1CCN(c2cc(N3CCCCC3CO)ncn2)CC1. The average molecular weight is 398 g/mol. The number of rotatable bonds is 6. The van der Waals surface area contributed by atoms with E-state index in [1.807, 2.05) is 12.1 Å². The number of anilines is 2. The van der Waals surface area contributed by atoms with Gasteiger partial charge in [0.05, 0.1) is 19.8 Å². The van der Waals surface area contributed by atoms with Crippen molar-refractivity contribution in [2.24, 2.45) is 0 Å². The molecule has 0 amide bonds. The molecule has 2 fully saturated rings. The smallest absolute Gasteiger partial charge is 0.134 e. The van der Waals surface area contributed by atoms with E-state index in [0.29, 0.717) is 0 Å². The number of aliphatic hydroxyl groups is 1. The zero-order valence-corrected chi connectivity index (χ0v) is 17.2. The summed E-state index contributed by atoms with van der Waals surface area (Å²) >= 11 is 0. The molecule has 1 aromatic heterocycles. The fourth-order valence-electron chi connectivity index (χ4n) is 4.37. The summed E-state index contributed by atoms with van der Waals surface area (Å²) in [5.74, 6) is 2.87. The molecular formula is C22H31N5O2. The number of piperidine rings is 1. The first-order chi connectivity index (χ1) is 14.3. The van der Waals surface area contributed by atoms with Crippen molar-refractivity contribution in [2.75, 3.05) is 56.2 Å². The summed E-state index contributed by atoms with van der Waals surface area (Å²) in [6.07, 6.45) is 5.01. The van der Waals surface area contributed by atoms with Gasteiger partial charge in [0, 0.05) is 50.9 Å². The minimum atomic E-state index is 0.171. The van der Waals surface area contributed by atoms with Crippen LogP contribution in [0.4, 0.5) is 11.6 Å². The first-order valence-corrected chi connectivity index (χ1v) is 10.6. The molecule has 0 radical (unpaired) electrons. The Hall–Kier alpha value is -2.38. The van der Waals surface area contributed by atoms with Gasteiger partial charge in [0.2, 0.25) is 0 Å². The van der Waals surface area contributed by atoms with Crippen LogP contribution in [-0.2, 0) is 6.54 Å². The molecule has 1 unspecified atom stereocenters. The van der Waals surface area contributed by atoms with Gasteiger partial charge in [0.15, 0.2) is 0 Å². The normalized spacial score (nSPS) is 20.7. The van der Waals surface area contributed by atoms with Crippen LogP contribution in [0, 0.1) is 0 Å². The van der Waals surface area contributed by atoms with Crippen molar-refractivity contribution in [1.82, 2.24) is 14.9 Å². The number of para-hydroxylation sites is 1. The number of methoxy groups -OCH3 is 1. The Balaban J connectivity index is 1.38. The Bertz CT molecular complexity index is 794. The molecule has 0 bridgehead atoms. The molecule has 4 rings (SSSR count). The summed E-state index contributed by atoms with van der Waals surface area (Å²) < 4.78 is 5.49. The standard InChI is InChI=1S/C22H31N5O2/c1-29-20-8-3-2-6-18(20)15-25-10-12-26(13-11-25)21-14-22(24-17-23-21)27-9-5-4-7-19(27)16-28/h2-3,6,8,14,17,19,28H,4-5,7,9-13,15-16H2,1H3. The monoisotopic (exact) mass is 397 g/mol. The van der Waals surface area contributed by atoms with Gasteiger partial charge in [-0.05, 0) is 25.3 Å². The van der Waals surface area contributed by atoms with Crippen LogP contribution in [0.3, 0.4) is 0 Å². The first kappa shape index (κ1) is 19.9. The maximum atomic E-state index is 9.72. The van der Waals surface area contributed by atoms with E-state index in [1.165, 1.54) is 12.0 Å². The minimum absolute atomic E-state index is 0.171. The predicted octanol–water partition coefficient (Wildman–Crippen LogP) is 2.16. The Kier molecular flexibility index (Phi) is 6.46. The van der Waals surface area contributed by atoms with E-state index < -0.39 is 0 Å². The maximum absolute atomic E-state index is 9.72. The van der Waals surface area contributed by atoms with Crippen LogP contribution in [0.5, 0.6) is 5.75 Å². The lowest BCUT2D eigenvalue weighted by Crippen LogP contribution is -2.46. The van der Waals surface area contributed by atoms with E-state index in [2.05, 4.69) is 42.9 Å². The van der Waals surface area contributed by atoms with E-state index >= 15 is 0 Å². The molecule has 156 valence electrons. The summed E-state index contributed by atoms with van der Waals surface area (Å²) in [6.45, 7) is 5.89. The van der Waals surface area contributed by atoms with E-state index in [9.17, 15) is 5.11 Å². The molecule has 7 nitrogen and oxygen atoms in total. The Morgan fingerprint density at radius 1 is 1.03 bits per heavy atom. The van der Waals surface area contributed by atoms with Gasteiger partial charge in [-0.2, -0.15) is 0 Å². The van der Waals surface area contributed by atoms with E-state index in [-0.39, 0.29) is 12.6 Å². The van der Waals surface area contributed by atoms with Gasteiger partial charge in [0.1, 0.15) is 23.7 Å². The van der Waals surface area contributed by atoms with Crippen molar-refractivity contribution in [3.05, 3.63) is 42.2 Å². The molecule has 1 atom stereocenters. The quantitative estimate of drug-likeness (QED) is 0.801. The van der Waals surface area contributed by atoms with Gasteiger partial charge in [-0.3, -0.25) is 4.90 Å². The van der Waals surface area contributed by atoms with Gasteiger partial charge in [0.25, 0.3) is 0 Å². The van der Waals surface area contributed by atoms with Gasteiger partial charge in [-0.25, -0.2) is 9.97 Å². The Morgan fingerprint density at radius 2 is 1.83 bits per heavy atom. The molecular weight excluding hydrogens is 366 g/mol. The largest absolute Gasteiger partial charge is 0.496 e. The minimum Gasteiger partial charge on any atom is -0.496 e. The third-order valence-electron chi connectivity index (χ3n) is 6.05.